The standard InChI is InChI=1S/C21H25NO7/c1-27-20(25)14-5-6-16(21(26)28-2)17(9-14)22-18(23)11-29-19(24)10-15-8-12-3-4-13(15)7-12/h5-6,9,12-13,15H,3-4,7-8,10-11H2,1-2H3,(H,22,23)/t12-,13+,15+/m0/s1. The van der Waals surface area contributed by atoms with Crippen LogP contribution in [0.1, 0.15) is 52.8 Å². The van der Waals surface area contributed by atoms with Gasteiger partial charge in [-0.15, -0.1) is 0 Å². The van der Waals surface area contributed by atoms with Crippen LogP contribution >= 0.6 is 0 Å². The number of ether oxygens (including phenoxy) is 3. The minimum absolute atomic E-state index is 0.0711. The topological polar surface area (TPSA) is 108 Å². The molecule has 0 unspecified atom stereocenters. The minimum Gasteiger partial charge on any atom is -0.465 e. The Morgan fingerprint density at radius 2 is 1.79 bits per heavy atom. The lowest BCUT2D eigenvalue weighted by atomic mass is 9.86. The normalized spacial score (nSPS) is 22.1. The molecule has 0 radical (unpaired) electrons. The van der Waals surface area contributed by atoms with Crippen LogP contribution in [0.5, 0.6) is 0 Å². The summed E-state index contributed by atoms with van der Waals surface area (Å²) < 4.78 is 14.5. The van der Waals surface area contributed by atoms with Gasteiger partial charge in [0.15, 0.2) is 6.61 Å². The zero-order valence-electron chi connectivity index (χ0n) is 16.6. The summed E-state index contributed by atoms with van der Waals surface area (Å²) in [6, 6.07) is 4.06. The fourth-order valence-electron chi connectivity index (χ4n) is 4.41. The predicted octanol–water partition coefficient (Wildman–Crippen LogP) is 2.57. The van der Waals surface area contributed by atoms with E-state index in [2.05, 4.69) is 10.1 Å². The Labute approximate surface area is 168 Å². The Bertz CT molecular complexity index is 819. The third-order valence-corrected chi connectivity index (χ3v) is 5.80. The number of carbonyl (C=O) groups is 4. The highest BCUT2D eigenvalue weighted by Gasteiger charge is 2.40. The van der Waals surface area contributed by atoms with E-state index in [0.29, 0.717) is 18.3 Å². The monoisotopic (exact) mass is 403 g/mol. The molecule has 0 spiro atoms. The average Bonchev–Trinajstić information content (AvgIpc) is 3.34. The maximum atomic E-state index is 12.2. The number of carbonyl (C=O) groups excluding carboxylic acids is 4. The summed E-state index contributed by atoms with van der Waals surface area (Å²) in [6.45, 7) is -0.470. The van der Waals surface area contributed by atoms with Gasteiger partial charge in [0.2, 0.25) is 0 Å². The third-order valence-electron chi connectivity index (χ3n) is 5.80. The first-order chi connectivity index (χ1) is 13.9. The molecule has 1 amide bonds. The number of esters is 3. The van der Waals surface area contributed by atoms with Crippen molar-refractivity contribution in [2.24, 2.45) is 17.8 Å². The summed E-state index contributed by atoms with van der Waals surface area (Å²) in [7, 11) is 2.43. The summed E-state index contributed by atoms with van der Waals surface area (Å²) in [5, 5.41) is 2.50. The van der Waals surface area contributed by atoms with Crippen LogP contribution < -0.4 is 5.32 Å². The highest BCUT2D eigenvalue weighted by molar-refractivity contribution is 6.04. The van der Waals surface area contributed by atoms with E-state index in [-0.39, 0.29) is 16.8 Å². The number of anilines is 1. The van der Waals surface area contributed by atoms with E-state index < -0.39 is 30.4 Å². The molecule has 2 aliphatic carbocycles. The summed E-state index contributed by atoms with van der Waals surface area (Å²) >= 11 is 0. The van der Waals surface area contributed by atoms with Crippen LogP contribution in [0.15, 0.2) is 18.2 Å². The molecule has 1 aromatic rings. The highest BCUT2D eigenvalue weighted by atomic mass is 16.5. The van der Waals surface area contributed by atoms with Crippen molar-refractivity contribution in [2.45, 2.75) is 32.1 Å². The Kier molecular flexibility index (Phi) is 6.51. The van der Waals surface area contributed by atoms with Crippen molar-refractivity contribution in [3.8, 4) is 0 Å². The SMILES string of the molecule is COC(=O)c1ccc(C(=O)OC)c(NC(=O)COC(=O)C[C@H]2C[C@H]3CC[C@@H]2C3)c1. The number of rotatable bonds is 7. The molecule has 0 saturated heterocycles. The molecule has 2 aliphatic rings. The summed E-state index contributed by atoms with van der Waals surface area (Å²) in [5.74, 6) is -0.608. The molecule has 3 atom stereocenters. The maximum Gasteiger partial charge on any atom is 0.339 e. The van der Waals surface area contributed by atoms with Crippen molar-refractivity contribution in [1.82, 2.24) is 0 Å². The molecular weight excluding hydrogens is 378 g/mol. The van der Waals surface area contributed by atoms with Gasteiger partial charge < -0.3 is 19.5 Å². The van der Waals surface area contributed by atoms with Crippen LogP contribution in [-0.4, -0.2) is 44.6 Å². The van der Waals surface area contributed by atoms with E-state index in [1.807, 2.05) is 0 Å². The molecule has 8 heteroatoms. The molecule has 0 aliphatic heterocycles. The lowest BCUT2D eigenvalue weighted by Gasteiger charge is -2.20. The molecule has 2 fully saturated rings. The number of methoxy groups -OCH3 is 2. The Morgan fingerprint density at radius 1 is 1.03 bits per heavy atom. The first-order valence-corrected chi connectivity index (χ1v) is 9.67. The van der Waals surface area contributed by atoms with Crippen LogP contribution in [0, 0.1) is 17.8 Å². The van der Waals surface area contributed by atoms with Crippen molar-refractivity contribution in [3.63, 3.8) is 0 Å². The van der Waals surface area contributed by atoms with Crippen LogP contribution in [-0.2, 0) is 23.8 Å². The van der Waals surface area contributed by atoms with Crippen molar-refractivity contribution in [2.75, 3.05) is 26.1 Å². The molecule has 1 aromatic carbocycles. The second-order valence-corrected chi connectivity index (χ2v) is 7.59. The smallest absolute Gasteiger partial charge is 0.339 e. The van der Waals surface area contributed by atoms with Crippen molar-refractivity contribution in [3.05, 3.63) is 29.3 Å². The number of nitrogens with one attached hydrogen (secondary N) is 1. The van der Waals surface area contributed by atoms with E-state index in [9.17, 15) is 19.2 Å². The van der Waals surface area contributed by atoms with Gasteiger partial charge in [-0.2, -0.15) is 0 Å². The van der Waals surface area contributed by atoms with Crippen LogP contribution in [0.3, 0.4) is 0 Å². The van der Waals surface area contributed by atoms with Gasteiger partial charge in [-0.25, -0.2) is 9.59 Å². The zero-order chi connectivity index (χ0) is 21.0. The molecule has 8 nitrogen and oxygen atoms in total. The predicted molar refractivity (Wildman–Crippen MR) is 102 cm³/mol. The van der Waals surface area contributed by atoms with Gasteiger partial charge in [-0.3, -0.25) is 9.59 Å². The van der Waals surface area contributed by atoms with Gasteiger partial charge >= 0.3 is 17.9 Å². The molecule has 156 valence electrons. The first-order valence-electron chi connectivity index (χ1n) is 9.67. The number of amides is 1. The van der Waals surface area contributed by atoms with Crippen molar-refractivity contribution >= 4 is 29.5 Å². The zero-order valence-corrected chi connectivity index (χ0v) is 16.6. The van der Waals surface area contributed by atoms with Gasteiger partial charge in [-0.05, 0) is 55.2 Å². The molecule has 0 heterocycles. The van der Waals surface area contributed by atoms with Gasteiger partial charge in [0.05, 0.1) is 31.0 Å². The van der Waals surface area contributed by atoms with Gasteiger partial charge in [0, 0.05) is 6.42 Å². The average molecular weight is 403 g/mol. The van der Waals surface area contributed by atoms with Crippen LogP contribution in [0.4, 0.5) is 5.69 Å². The molecule has 0 aromatic heterocycles. The van der Waals surface area contributed by atoms with Crippen molar-refractivity contribution < 1.29 is 33.4 Å². The van der Waals surface area contributed by atoms with Gasteiger partial charge in [0.25, 0.3) is 5.91 Å². The molecule has 2 saturated carbocycles. The molecule has 3 rings (SSSR count). The van der Waals surface area contributed by atoms with E-state index in [1.54, 1.807) is 0 Å². The second-order valence-electron chi connectivity index (χ2n) is 7.59. The summed E-state index contributed by atoms with van der Waals surface area (Å²) in [6.07, 6.45) is 5.03. The fraction of sp³-hybridized carbons (Fsp3) is 0.524. The third kappa shape index (κ3) is 4.93. The lowest BCUT2D eigenvalue weighted by molar-refractivity contribution is -0.148. The molecule has 29 heavy (non-hydrogen) atoms. The molecule has 2 bridgehead atoms. The van der Waals surface area contributed by atoms with E-state index >= 15 is 0 Å². The minimum atomic E-state index is -0.676. The fourth-order valence-corrected chi connectivity index (χ4v) is 4.41. The van der Waals surface area contributed by atoms with Gasteiger partial charge in [-0.1, -0.05) is 6.42 Å². The Morgan fingerprint density at radius 3 is 2.41 bits per heavy atom. The van der Waals surface area contributed by atoms with E-state index in [0.717, 1.165) is 12.3 Å². The first kappa shape index (κ1) is 20.8. The molecular formula is C21H25NO7. The summed E-state index contributed by atoms with van der Waals surface area (Å²) in [4.78, 5) is 48.0. The number of hydrogen-bond acceptors (Lipinski definition) is 7. The lowest BCUT2D eigenvalue weighted by Crippen LogP contribution is -2.24. The van der Waals surface area contributed by atoms with Crippen LogP contribution in [0.25, 0.3) is 0 Å². The van der Waals surface area contributed by atoms with Crippen LogP contribution in [0.2, 0.25) is 0 Å². The Hall–Kier alpha value is -2.90. The highest BCUT2D eigenvalue weighted by Crippen LogP contribution is 2.49. The number of fused-ring (bicyclic) bond motifs is 2. The second kappa shape index (κ2) is 9.07. The largest absolute Gasteiger partial charge is 0.465 e. The maximum absolute atomic E-state index is 12.2. The van der Waals surface area contributed by atoms with Crippen molar-refractivity contribution in [1.29, 1.82) is 0 Å². The van der Waals surface area contributed by atoms with E-state index in [1.165, 1.54) is 51.7 Å². The Balaban J connectivity index is 1.57. The quantitative estimate of drug-likeness (QED) is 0.551. The number of benzene rings is 1. The summed E-state index contributed by atoms with van der Waals surface area (Å²) in [5.41, 5.74) is 0.305. The number of hydrogen-bond donors (Lipinski definition) is 1. The van der Waals surface area contributed by atoms with Gasteiger partial charge in [0.1, 0.15) is 0 Å². The van der Waals surface area contributed by atoms with E-state index in [4.69, 9.17) is 9.47 Å². The molecule has 1 N–H and O–H groups in total.